The van der Waals surface area contributed by atoms with E-state index in [1.807, 2.05) is 0 Å². The van der Waals surface area contributed by atoms with Crippen LogP contribution < -0.4 is 0 Å². The molecule has 0 unspecified atom stereocenters. The number of rotatable bonds is 8. The molecule has 1 aromatic heterocycles. The van der Waals surface area contributed by atoms with E-state index < -0.39 is 0 Å². The molecule has 5 rings (SSSR count). The number of hydrogen-bond donors (Lipinski definition) is 0. The standard InChI is InChI=1S/C37H47N3/c1-26-22-28(3)36(34(24-26)30-12-7-5-8-13-30)38-20-18-32-16-11-17-33(40-32)19-21-39-37-29(4)23-27(2)25-35(37)31-14-9-6-10-15-31/h11,16-17,20-25,30-31H,5-10,12-15,18-19H2,1-4H3. The zero-order valence-electron chi connectivity index (χ0n) is 25.2. The second-order valence-electron chi connectivity index (χ2n) is 12.4. The summed E-state index contributed by atoms with van der Waals surface area (Å²) in [6.45, 7) is 8.84. The first-order valence-electron chi connectivity index (χ1n) is 15.7. The fraction of sp³-hybridized carbons (Fsp3) is 0.486. The van der Waals surface area contributed by atoms with E-state index in [-0.39, 0.29) is 0 Å². The first-order chi connectivity index (χ1) is 19.5. The Morgan fingerprint density at radius 2 is 1.05 bits per heavy atom. The summed E-state index contributed by atoms with van der Waals surface area (Å²) in [6.07, 6.45) is 18.9. The minimum Gasteiger partial charge on any atom is -0.260 e. The van der Waals surface area contributed by atoms with Crippen molar-refractivity contribution in [3.8, 4) is 0 Å². The average Bonchev–Trinajstić information content (AvgIpc) is 2.96. The molecule has 2 fully saturated rings. The summed E-state index contributed by atoms with van der Waals surface area (Å²) in [4.78, 5) is 15.0. The van der Waals surface area contributed by atoms with E-state index in [2.05, 4.69) is 82.6 Å². The first kappa shape index (κ1) is 28.5. The maximum atomic E-state index is 5.03. The van der Waals surface area contributed by atoms with E-state index in [1.54, 1.807) is 0 Å². The van der Waals surface area contributed by atoms with Crippen LogP contribution in [0.25, 0.3) is 0 Å². The van der Waals surface area contributed by atoms with Gasteiger partial charge in [0.05, 0.1) is 11.4 Å². The predicted octanol–water partition coefficient (Wildman–Crippen LogP) is 10.3. The monoisotopic (exact) mass is 533 g/mol. The Morgan fingerprint density at radius 3 is 1.48 bits per heavy atom. The molecule has 0 N–H and O–H groups in total. The summed E-state index contributed by atoms with van der Waals surface area (Å²) in [7, 11) is 0. The molecule has 0 saturated heterocycles. The van der Waals surface area contributed by atoms with Gasteiger partial charge in [-0.3, -0.25) is 15.0 Å². The third kappa shape index (κ3) is 7.16. The number of aryl methyl sites for hydroxylation is 4. The molecule has 0 amide bonds. The Bertz CT molecular complexity index is 1250. The van der Waals surface area contributed by atoms with Gasteiger partial charge >= 0.3 is 0 Å². The smallest absolute Gasteiger partial charge is 0.0689 e. The molecular formula is C37H47N3. The molecule has 2 aliphatic carbocycles. The lowest BCUT2D eigenvalue weighted by molar-refractivity contribution is 0.444. The molecule has 0 radical (unpaired) electrons. The van der Waals surface area contributed by atoms with E-state index in [1.165, 1.54) is 109 Å². The zero-order valence-corrected chi connectivity index (χ0v) is 25.2. The van der Waals surface area contributed by atoms with Crippen LogP contribution in [0.3, 0.4) is 0 Å². The van der Waals surface area contributed by atoms with Crippen LogP contribution in [0.15, 0.2) is 52.4 Å². The van der Waals surface area contributed by atoms with Gasteiger partial charge in [0.1, 0.15) is 0 Å². The van der Waals surface area contributed by atoms with Crippen molar-refractivity contribution in [3.05, 3.63) is 87.2 Å². The fourth-order valence-corrected chi connectivity index (χ4v) is 7.01. The molecule has 2 aromatic carbocycles. The van der Waals surface area contributed by atoms with Gasteiger partial charge in [0.2, 0.25) is 0 Å². The molecule has 210 valence electrons. The van der Waals surface area contributed by atoms with Crippen LogP contribution in [0.1, 0.15) is 121 Å². The van der Waals surface area contributed by atoms with Crippen LogP contribution in [0, 0.1) is 27.7 Å². The number of aromatic nitrogens is 1. The molecule has 3 nitrogen and oxygen atoms in total. The third-order valence-electron chi connectivity index (χ3n) is 8.94. The Hall–Kier alpha value is -3.07. The van der Waals surface area contributed by atoms with Crippen LogP contribution in [-0.2, 0) is 12.8 Å². The normalized spacial score (nSPS) is 17.3. The molecule has 0 atom stereocenters. The van der Waals surface area contributed by atoms with Crippen molar-refractivity contribution in [1.29, 1.82) is 0 Å². The second-order valence-corrected chi connectivity index (χ2v) is 12.4. The van der Waals surface area contributed by atoms with E-state index >= 15 is 0 Å². The lowest BCUT2D eigenvalue weighted by Crippen LogP contribution is -2.06. The van der Waals surface area contributed by atoms with Gasteiger partial charge in [-0.15, -0.1) is 0 Å². The lowest BCUT2D eigenvalue weighted by atomic mass is 9.82. The van der Waals surface area contributed by atoms with E-state index in [4.69, 9.17) is 15.0 Å². The lowest BCUT2D eigenvalue weighted by Gasteiger charge is -2.24. The van der Waals surface area contributed by atoms with Gasteiger partial charge in [0.15, 0.2) is 0 Å². The third-order valence-corrected chi connectivity index (χ3v) is 8.94. The summed E-state index contributed by atoms with van der Waals surface area (Å²) in [5, 5.41) is 0. The van der Waals surface area contributed by atoms with Crippen molar-refractivity contribution < 1.29 is 0 Å². The highest BCUT2D eigenvalue weighted by molar-refractivity contribution is 5.71. The maximum Gasteiger partial charge on any atom is 0.0689 e. The molecule has 0 spiro atoms. The molecular weight excluding hydrogens is 486 g/mol. The average molecular weight is 534 g/mol. The largest absolute Gasteiger partial charge is 0.260 e. The van der Waals surface area contributed by atoms with Crippen LogP contribution in [-0.4, -0.2) is 17.4 Å². The zero-order chi connectivity index (χ0) is 27.9. The number of pyridine rings is 1. The van der Waals surface area contributed by atoms with Gasteiger partial charge in [0, 0.05) is 36.7 Å². The molecule has 3 heteroatoms. The molecule has 0 bridgehead atoms. The Kier molecular flexibility index (Phi) is 9.62. The van der Waals surface area contributed by atoms with Crippen LogP contribution in [0.4, 0.5) is 11.4 Å². The van der Waals surface area contributed by atoms with Crippen LogP contribution in [0.2, 0.25) is 0 Å². The summed E-state index contributed by atoms with van der Waals surface area (Å²) in [6, 6.07) is 15.6. The molecule has 40 heavy (non-hydrogen) atoms. The number of aliphatic imine (C=N–C) groups is 2. The Morgan fingerprint density at radius 1 is 0.625 bits per heavy atom. The molecule has 3 aromatic rings. The minimum absolute atomic E-state index is 0.649. The number of benzene rings is 2. The maximum absolute atomic E-state index is 5.03. The van der Waals surface area contributed by atoms with Crippen molar-refractivity contribution in [2.45, 2.75) is 117 Å². The Labute approximate surface area is 242 Å². The summed E-state index contributed by atoms with van der Waals surface area (Å²) >= 11 is 0. The van der Waals surface area contributed by atoms with Gasteiger partial charge in [0.25, 0.3) is 0 Å². The highest BCUT2D eigenvalue weighted by atomic mass is 14.8. The quantitative estimate of drug-likeness (QED) is 0.265. The van der Waals surface area contributed by atoms with Crippen molar-refractivity contribution in [3.63, 3.8) is 0 Å². The van der Waals surface area contributed by atoms with E-state index in [0.29, 0.717) is 11.8 Å². The minimum atomic E-state index is 0.649. The highest BCUT2D eigenvalue weighted by Gasteiger charge is 2.21. The predicted molar refractivity (Wildman–Crippen MR) is 171 cm³/mol. The Balaban J connectivity index is 1.28. The number of hydrogen-bond acceptors (Lipinski definition) is 3. The highest BCUT2D eigenvalue weighted by Crippen LogP contribution is 2.41. The van der Waals surface area contributed by atoms with Gasteiger partial charge in [-0.2, -0.15) is 0 Å². The van der Waals surface area contributed by atoms with Crippen molar-refractivity contribution >= 4 is 23.8 Å². The van der Waals surface area contributed by atoms with E-state index in [9.17, 15) is 0 Å². The van der Waals surface area contributed by atoms with Crippen molar-refractivity contribution in [2.24, 2.45) is 9.98 Å². The van der Waals surface area contributed by atoms with Gasteiger partial charge in [-0.1, -0.05) is 80.0 Å². The SMILES string of the molecule is Cc1cc(C)c(N=CCc2cccc(CC=Nc3c(C)cc(C)cc3C3CCCCC3)n2)c(C2CCCCC2)c1. The summed E-state index contributed by atoms with van der Waals surface area (Å²) in [5.74, 6) is 1.30. The van der Waals surface area contributed by atoms with Crippen molar-refractivity contribution in [1.82, 2.24) is 4.98 Å². The molecule has 2 aliphatic rings. The number of nitrogens with zero attached hydrogens (tertiary/aromatic N) is 3. The molecule has 1 heterocycles. The van der Waals surface area contributed by atoms with E-state index in [0.717, 1.165) is 24.2 Å². The summed E-state index contributed by atoms with van der Waals surface area (Å²) < 4.78 is 0. The van der Waals surface area contributed by atoms with Gasteiger partial charge < -0.3 is 0 Å². The molecule has 0 aliphatic heterocycles. The van der Waals surface area contributed by atoms with Crippen LogP contribution >= 0.6 is 0 Å². The topological polar surface area (TPSA) is 37.6 Å². The second kappa shape index (κ2) is 13.5. The van der Waals surface area contributed by atoms with Crippen molar-refractivity contribution in [2.75, 3.05) is 0 Å². The van der Waals surface area contributed by atoms with Gasteiger partial charge in [-0.05, 0) is 99.6 Å². The fourth-order valence-electron chi connectivity index (χ4n) is 7.01. The molecule has 2 saturated carbocycles. The summed E-state index contributed by atoms with van der Waals surface area (Å²) in [5.41, 5.74) is 12.7. The first-order valence-corrected chi connectivity index (χ1v) is 15.7. The van der Waals surface area contributed by atoms with Crippen LogP contribution in [0.5, 0.6) is 0 Å². The van der Waals surface area contributed by atoms with Gasteiger partial charge in [-0.25, -0.2) is 0 Å².